The van der Waals surface area contributed by atoms with Gasteiger partial charge in [0.25, 0.3) is 0 Å². The van der Waals surface area contributed by atoms with Crippen molar-refractivity contribution in [1.82, 2.24) is 10.2 Å². The van der Waals surface area contributed by atoms with E-state index in [1.807, 2.05) is 30.3 Å². The molecule has 1 aromatic carbocycles. The average molecular weight is 336 g/mol. The number of piperazine rings is 1. The lowest BCUT2D eigenvalue weighted by Crippen LogP contribution is -2.46. The number of ether oxygens (including phenoxy) is 1. The molecule has 7 heteroatoms. The molecule has 0 spiro atoms. The molecule has 1 aromatic rings. The fraction of sp³-hybridized carbons (Fsp3) is 0.529. The van der Waals surface area contributed by atoms with Crippen molar-refractivity contribution in [2.24, 2.45) is 0 Å². The second kappa shape index (κ2) is 9.36. The molecule has 1 atom stereocenters. The van der Waals surface area contributed by atoms with Crippen LogP contribution in [-0.2, 0) is 20.7 Å². The summed E-state index contributed by atoms with van der Waals surface area (Å²) in [4.78, 5) is 25.6. The lowest BCUT2D eigenvalue weighted by molar-refractivity contribution is -0.175. The minimum atomic E-state index is -1.77. The topological polar surface area (TPSA) is 99.1 Å². The van der Waals surface area contributed by atoms with Crippen LogP contribution in [0.1, 0.15) is 18.4 Å². The largest absolute Gasteiger partial charge is 0.457 e. The Morgan fingerprint density at radius 3 is 2.42 bits per heavy atom. The van der Waals surface area contributed by atoms with E-state index in [1.165, 1.54) is 0 Å². The van der Waals surface area contributed by atoms with Crippen LogP contribution >= 0.6 is 0 Å². The Morgan fingerprint density at radius 2 is 1.79 bits per heavy atom. The highest BCUT2D eigenvalue weighted by Gasteiger charge is 2.23. The molecule has 0 aliphatic carbocycles. The standard InChI is InChI=1S/C17H24N2O5/c20-15(19-10-8-18-9-11-19)6-7-16(21)24-14(17(22)23)12-13-4-2-1-3-5-13/h1-5,14,17-18,22-23H,6-12H2/t14-/m1/s1. The molecule has 1 amide bonds. The second-order valence-electron chi connectivity index (χ2n) is 5.76. The molecular formula is C17H24N2O5. The summed E-state index contributed by atoms with van der Waals surface area (Å²) in [6, 6.07) is 9.13. The quantitative estimate of drug-likeness (QED) is 0.466. The minimum Gasteiger partial charge on any atom is -0.457 e. The molecular weight excluding hydrogens is 312 g/mol. The number of rotatable bonds is 7. The maximum absolute atomic E-state index is 12.0. The molecule has 3 N–H and O–H groups in total. The Kier molecular flexibility index (Phi) is 7.17. The van der Waals surface area contributed by atoms with Gasteiger partial charge in [-0.25, -0.2) is 0 Å². The van der Waals surface area contributed by atoms with E-state index < -0.39 is 18.4 Å². The predicted octanol–water partition coefficient (Wildman–Crippen LogP) is -0.336. The van der Waals surface area contributed by atoms with E-state index in [1.54, 1.807) is 4.90 Å². The van der Waals surface area contributed by atoms with Gasteiger partial charge >= 0.3 is 5.97 Å². The maximum Gasteiger partial charge on any atom is 0.306 e. The van der Waals surface area contributed by atoms with Gasteiger partial charge in [0.1, 0.15) is 0 Å². The smallest absolute Gasteiger partial charge is 0.306 e. The van der Waals surface area contributed by atoms with Crippen LogP contribution in [0, 0.1) is 0 Å². The van der Waals surface area contributed by atoms with Crippen LogP contribution < -0.4 is 5.32 Å². The molecule has 7 nitrogen and oxygen atoms in total. The van der Waals surface area contributed by atoms with E-state index in [4.69, 9.17) is 4.74 Å². The number of carbonyl (C=O) groups is 2. The van der Waals surface area contributed by atoms with E-state index >= 15 is 0 Å². The van der Waals surface area contributed by atoms with Gasteiger partial charge in [-0.1, -0.05) is 30.3 Å². The average Bonchev–Trinajstić information content (AvgIpc) is 2.60. The summed E-state index contributed by atoms with van der Waals surface area (Å²) in [6.07, 6.45) is -2.61. The van der Waals surface area contributed by atoms with Crippen molar-refractivity contribution < 1.29 is 24.5 Å². The highest BCUT2D eigenvalue weighted by Crippen LogP contribution is 2.11. The van der Waals surface area contributed by atoms with Crippen LogP contribution in [0.4, 0.5) is 0 Å². The van der Waals surface area contributed by atoms with Crippen LogP contribution in [-0.4, -0.2) is 65.6 Å². The molecule has 1 aliphatic rings. The number of hydrogen-bond acceptors (Lipinski definition) is 6. The first kappa shape index (κ1) is 18.4. The van der Waals surface area contributed by atoms with E-state index in [0.717, 1.165) is 18.7 Å². The number of hydrogen-bond donors (Lipinski definition) is 3. The molecule has 132 valence electrons. The van der Waals surface area contributed by atoms with Gasteiger partial charge in [-0.05, 0) is 5.56 Å². The molecule has 0 saturated carbocycles. The number of carbonyl (C=O) groups excluding carboxylic acids is 2. The third kappa shape index (κ3) is 5.92. The summed E-state index contributed by atoms with van der Waals surface area (Å²) in [5.41, 5.74) is 0.834. The maximum atomic E-state index is 12.0. The Balaban J connectivity index is 1.79. The van der Waals surface area contributed by atoms with E-state index in [2.05, 4.69) is 5.32 Å². The predicted molar refractivity (Wildman–Crippen MR) is 86.9 cm³/mol. The van der Waals surface area contributed by atoms with Gasteiger partial charge < -0.3 is 25.2 Å². The summed E-state index contributed by atoms with van der Waals surface area (Å²) >= 11 is 0. The Morgan fingerprint density at radius 1 is 1.12 bits per heavy atom. The van der Waals surface area contributed by atoms with Crippen molar-refractivity contribution >= 4 is 11.9 Å². The number of amides is 1. The third-order valence-electron chi connectivity index (χ3n) is 3.91. The Labute approximate surface area is 141 Å². The van der Waals surface area contributed by atoms with Gasteiger partial charge in [-0.15, -0.1) is 0 Å². The first-order chi connectivity index (χ1) is 11.6. The monoisotopic (exact) mass is 336 g/mol. The van der Waals surface area contributed by atoms with E-state index in [0.29, 0.717) is 13.1 Å². The Bertz CT molecular complexity index is 529. The van der Waals surface area contributed by atoms with E-state index in [9.17, 15) is 19.8 Å². The van der Waals surface area contributed by atoms with Crippen LogP contribution in [0.25, 0.3) is 0 Å². The summed E-state index contributed by atoms with van der Waals surface area (Å²) in [5.74, 6) is -0.690. The summed E-state index contributed by atoms with van der Waals surface area (Å²) < 4.78 is 5.13. The Hall–Kier alpha value is -1.96. The highest BCUT2D eigenvalue weighted by molar-refractivity contribution is 5.81. The molecule has 1 heterocycles. The van der Waals surface area contributed by atoms with Crippen LogP contribution in [0.15, 0.2) is 30.3 Å². The molecule has 1 saturated heterocycles. The van der Waals surface area contributed by atoms with Gasteiger partial charge in [-0.2, -0.15) is 0 Å². The number of aliphatic hydroxyl groups is 2. The molecule has 2 rings (SSSR count). The summed E-state index contributed by atoms with van der Waals surface area (Å²) in [7, 11) is 0. The zero-order valence-electron chi connectivity index (χ0n) is 13.6. The van der Waals surface area contributed by atoms with E-state index in [-0.39, 0.29) is 25.2 Å². The van der Waals surface area contributed by atoms with Gasteiger partial charge in [0.05, 0.1) is 6.42 Å². The van der Waals surface area contributed by atoms with Crippen molar-refractivity contribution in [1.29, 1.82) is 0 Å². The SMILES string of the molecule is O=C(CCC(=O)N1CCNCC1)O[C@H](Cc1ccccc1)C(O)O. The van der Waals surface area contributed by atoms with Crippen molar-refractivity contribution in [2.45, 2.75) is 31.7 Å². The molecule has 0 radical (unpaired) electrons. The molecule has 1 fully saturated rings. The number of esters is 1. The second-order valence-corrected chi connectivity index (χ2v) is 5.76. The number of nitrogens with zero attached hydrogens (tertiary/aromatic N) is 1. The lowest BCUT2D eigenvalue weighted by Gasteiger charge is -2.27. The molecule has 0 bridgehead atoms. The first-order valence-electron chi connectivity index (χ1n) is 8.14. The van der Waals surface area contributed by atoms with Crippen molar-refractivity contribution in [3.8, 4) is 0 Å². The highest BCUT2D eigenvalue weighted by atomic mass is 16.6. The van der Waals surface area contributed by atoms with Gasteiger partial charge in [-0.3, -0.25) is 9.59 Å². The van der Waals surface area contributed by atoms with Gasteiger partial charge in [0, 0.05) is 39.0 Å². The van der Waals surface area contributed by atoms with Crippen molar-refractivity contribution in [3.05, 3.63) is 35.9 Å². The lowest BCUT2D eigenvalue weighted by atomic mass is 10.1. The van der Waals surface area contributed by atoms with Crippen LogP contribution in [0.2, 0.25) is 0 Å². The van der Waals surface area contributed by atoms with Crippen molar-refractivity contribution in [3.63, 3.8) is 0 Å². The summed E-state index contributed by atoms with van der Waals surface area (Å²) in [5, 5.41) is 22.0. The normalized spacial score (nSPS) is 16.0. The molecule has 24 heavy (non-hydrogen) atoms. The minimum absolute atomic E-state index is 0.0679. The molecule has 0 aromatic heterocycles. The number of nitrogens with one attached hydrogen (secondary N) is 1. The zero-order chi connectivity index (χ0) is 17.4. The zero-order valence-corrected chi connectivity index (χ0v) is 13.6. The summed E-state index contributed by atoms with van der Waals surface area (Å²) in [6.45, 7) is 2.79. The van der Waals surface area contributed by atoms with Gasteiger partial charge in [0.2, 0.25) is 5.91 Å². The van der Waals surface area contributed by atoms with Gasteiger partial charge in [0.15, 0.2) is 12.4 Å². The van der Waals surface area contributed by atoms with Crippen LogP contribution in [0.3, 0.4) is 0 Å². The third-order valence-corrected chi connectivity index (χ3v) is 3.91. The van der Waals surface area contributed by atoms with Crippen molar-refractivity contribution in [2.75, 3.05) is 26.2 Å². The fourth-order valence-corrected chi connectivity index (χ4v) is 2.56. The molecule has 0 unspecified atom stereocenters. The van der Waals surface area contributed by atoms with Crippen LogP contribution in [0.5, 0.6) is 0 Å². The first-order valence-corrected chi connectivity index (χ1v) is 8.14. The fourth-order valence-electron chi connectivity index (χ4n) is 2.56. The number of benzene rings is 1. The molecule has 1 aliphatic heterocycles. The number of aliphatic hydroxyl groups excluding tert-OH is 1.